The van der Waals surface area contributed by atoms with Crippen LogP contribution in [0.3, 0.4) is 0 Å². The Morgan fingerprint density at radius 1 is 1.37 bits per heavy atom. The Balaban J connectivity index is 2.24. The molecule has 0 unspecified atom stereocenters. The molecule has 0 bridgehead atoms. The van der Waals surface area contributed by atoms with E-state index < -0.39 is 0 Å². The summed E-state index contributed by atoms with van der Waals surface area (Å²) in [5.74, 6) is 0. The number of hydrogen-bond acceptors (Lipinski definition) is 5. The summed E-state index contributed by atoms with van der Waals surface area (Å²) in [5, 5.41) is 7.87. The van der Waals surface area contributed by atoms with E-state index in [1.807, 2.05) is 32.9 Å². The van der Waals surface area contributed by atoms with Crippen LogP contribution in [-0.4, -0.2) is 19.7 Å². The van der Waals surface area contributed by atoms with Gasteiger partial charge >= 0.3 is 5.69 Å². The maximum atomic E-state index is 11.6. The van der Waals surface area contributed by atoms with Crippen LogP contribution in [0.5, 0.6) is 0 Å². The van der Waals surface area contributed by atoms with Crippen molar-refractivity contribution >= 4 is 11.8 Å². The predicted octanol–water partition coefficient (Wildman–Crippen LogP) is 1.72. The monoisotopic (exact) mass is 279 g/mol. The highest BCUT2D eigenvalue weighted by molar-refractivity contribution is 7.99. The van der Waals surface area contributed by atoms with Crippen LogP contribution in [0.25, 0.3) is 0 Å². The first-order chi connectivity index (χ1) is 8.99. The summed E-state index contributed by atoms with van der Waals surface area (Å²) >= 11 is 1.35. The quantitative estimate of drug-likeness (QED) is 0.889. The van der Waals surface area contributed by atoms with Crippen LogP contribution >= 0.6 is 11.8 Å². The Hall–Kier alpha value is -1.60. The molecule has 102 valence electrons. The Bertz CT molecular complexity index is 599. The van der Waals surface area contributed by atoms with Crippen LogP contribution < -0.4 is 11.4 Å². The molecule has 0 saturated carbocycles. The average molecular weight is 279 g/mol. The molecular weight excluding hydrogens is 262 g/mol. The summed E-state index contributed by atoms with van der Waals surface area (Å²) in [4.78, 5) is 15.9. The minimum Gasteiger partial charge on any atom is -0.324 e. The van der Waals surface area contributed by atoms with Gasteiger partial charge in [-0.2, -0.15) is 0 Å². The number of nitrogens with one attached hydrogen (secondary N) is 1. The van der Waals surface area contributed by atoms with E-state index in [2.05, 4.69) is 15.2 Å². The van der Waals surface area contributed by atoms with Crippen molar-refractivity contribution in [2.45, 2.75) is 43.0 Å². The third-order valence-electron chi connectivity index (χ3n) is 2.67. The second-order valence-electron chi connectivity index (χ2n) is 4.60. The minimum atomic E-state index is -0.204. The Kier molecular flexibility index (Phi) is 4.06. The van der Waals surface area contributed by atoms with E-state index in [-0.39, 0.29) is 17.8 Å². The molecule has 7 heteroatoms. The molecule has 1 atom stereocenters. The molecule has 0 radical (unpaired) electrons. The summed E-state index contributed by atoms with van der Waals surface area (Å²) < 4.78 is 1.60. The standard InChI is InChI=1S/C12H17N5OS/c1-7(2)17-11(18)15-16-12(17)19-10-5-4-9(6-14-10)8(3)13/h4-8H,13H2,1-3H3,(H,15,18)/t8-/m0/s1. The SMILES string of the molecule is CC(C)n1c(Sc2ccc([C@H](C)N)cn2)n[nH]c1=O. The minimum absolute atomic E-state index is 0.0363. The van der Waals surface area contributed by atoms with Crippen LogP contribution in [0, 0.1) is 0 Å². The number of hydrogen-bond donors (Lipinski definition) is 2. The summed E-state index contributed by atoms with van der Waals surface area (Å²) in [6, 6.07) is 3.83. The van der Waals surface area contributed by atoms with Crippen molar-refractivity contribution in [3.8, 4) is 0 Å². The van der Waals surface area contributed by atoms with E-state index >= 15 is 0 Å². The van der Waals surface area contributed by atoms with Gasteiger partial charge in [-0.1, -0.05) is 6.07 Å². The lowest BCUT2D eigenvalue weighted by atomic mass is 10.2. The molecule has 0 aliphatic heterocycles. The highest BCUT2D eigenvalue weighted by atomic mass is 32.2. The first kappa shape index (κ1) is 13.8. The van der Waals surface area contributed by atoms with Gasteiger partial charge in [0.1, 0.15) is 5.03 Å². The average Bonchev–Trinajstić information content (AvgIpc) is 2.71. The summed E-state index contributed by atoms with van der Waals surface area (Å²) in [5.41, 5.74) is 6.55. The van der Waals surface area contributed by atoms with Gasteiger partial charge in [0, 0.05) is 18.3 Å². The Morgan fingerprint density at radius 2 is 2.11 bits per heavy atom. The molecule has 3 N–H and O–H groups in total. The molecule has 19 heavy (non-hydrogen) atoms. The van der Waals surface area contributed by atoms with Crippen molar-refractivity contribution in [1.82, 2.24) is 19.7 Å². The zero-order valence-electron chi connectivity index (χ0n) is 11.1. The molecule has 0 amide bonds. The van der Waals surface area contributed by atoms with Crippen LogP contribution in [0.15, 0.2) is 33.3 Å². The highest BCUT2D eigenvalue weighted by Crippen LogP contribution is 2.25. The lowest BCUT2D eigenvalue weighted by Crippen LogP contribution is -2.19. The Labute approximate surface area is 115 Å². The van der Waals surface area contributed by atoms with Crippen molar-refractivity contribution in [1.29, 1.82) is 0 Å². The van der Waals surface area contributed by atoms with Crippen molar-refractivity contribution in [2.75, 3.05) is 0 Å². The zero-order chi connectivity index (χ0) is 14.0. The molecule has 6 nitrogen and oxygen atoms in total. The summed E-state index contributed by atoms with van der Waals surface area (Å²) in [7, 11) is 0. The normalized spacial score (nSPS) is 12.9. The number of pyridine rings is 1. The van der Waals surface area contributed by atoms with Gasteiger partial charge in [0.15, 0.2) is 5.16 Å². The third kappa shape index (κ3) is 3.05. The fourth-order valence-electron chi connectivity index (χ4n) is 1.63. The molecular formula is C12H17N5OS. The smallest absolute Gasteiger partial charge is 0.324 e. The largest absolute Gasteiger partial charge is 0.344 e. The van der Waals surface area contributed by atoms with Gasteiger partial charge in [-0.3, -0.25) is 4.57 Å². The van der Waals surface area contributed by atoms with Crippen molar-refractivity contribution < 1.29 is 0 Å². The fourth-order valence-corrected chi connectivity index (χ4v) is 2.54. The van der Waals surface area contributed by atoms with Gasteiger partial charge in [0.2, 0.25) is 0 Å². The van der Waals surface area contributed by atoms with Crippen LogP contribution in [-0.2, 0) is 0 Å². The van der Waals surface area contributed by atoms with E-state index in [0.717, 1.165) is 10.6 Å². The Morgan fingerprint density at radius 3 is 2.63 bits per heavy atom. The summed E-state index contributed by atoms with van der Waals surface area (Å²) in [6.45, 7) is 5.79. The topological polar surface area (TPSA) is 89.6 Å². The van der Waals surface area contributed by atoms with Gasteiger partial charge in [-0.05, 0) is 44.2 Å². The molecule has 0 saturated heterocycles. The third-order valence-corrected chi connectivity index (χ3v) is 3.59. The fraction of sp³-hybridized carbons (Fsp3) is 0.417. The first-order valence-corrected chi connectivity index (χ1v) is 6.87. The second kappa shape index (κ2) is 5.58. The van der Waals surface area contributed by atoms with E-state index in [9.17, 15) is 4.79 Å². The van der Waals surface area contributed by atoms with Crippen LogP contribution in [0.2, 0.25) is 0 Å². The number of rotatable bonds is 4. The molecule has 2 aromatic heterocycles. The molecule has 0 aromatic carbocycles. The molecule has 0 fully saturated rings. The number of aromatic nitrogens is 4. The molecule has 2 rings (SSSR count). The van der Waals surface area contributed by atoms with E-state index in [4.69, 9.17) is 5.73 Å². The van der Waals surface area contributed by atoms with Crippen molar-refractivity contribution in [2.24, 2.45) is 5.73 Å². The molecule has 0 spiro atoms. The molecule has 2 heterocycles. The highest BCUT2D eigenvalue weighted by Gasteiger charge is 2.13. The van der Waals surface area contributed by atoms with Gasteiger partial charge < -0.3 is 5.73 Å². The molecule has 2 aromatic rings. The van der Waals surface area contributed by atoms with Crippen LogP contribution in [0.1, 0.15) is 38.4 Å². The number of nitrogens with zero attached hydrogens (tertiary/aromatic N) is 3. The number of H-pyrrole nitrogens is 1. The van der Waals surface area contributed by atoms with Gasteiger partial charge in [0.05, 0.1) is 0 Å². The van der Waals surface area contributed by atoms with Crippen LogP contribution in [0.4, 0.5) is 0 Å². The maximum Gasteiger partial charge on any atom is 0.344 e. The molecule has 0 aliphatic carbocycles. The van der Waals surface area contributed by atoms with Gasteiger partial charge in [-0.15, -0.1) is 5.10 Å². The maximum absolute atomic E-state index is 11.6. The lowest BCUT2D eigenvalue weighted by Gasteiger charge is -2.09. The van der Waals surface area contributed by atoms with Crippen molar-refractivity contribution in [3.05, 3.63) is 34.4 Å². The number of nitrogens with two attached hydrogens (primary N) is 1. The predicted molar refractivity (Wildman–Crippen MR) is 74.2 cm³/mol. The van der Waals surface area contributed by atoms with E-state index in [1.54, 1.807) is 10.8 Å². The van der Waals surface area contributed by atoms with Gasteiger partial charge in [0.25, 0.3) is 0 Å². The number of aromatic amines is 1. The van der Waals surface area contributed by atoms with E-state index in [1.165, 1.54) is 11.8 Å². The molecule has 0 aliphatic rings. The summed E-state index contributed by atoms with van der Waals surface area (Å²) in [6.07, 6.45) is 1.75. The zero-order valence-corrected chi connectivity index (χ0v) is 11.9. The van der Waals surface area contributed by atoms with E-state index in [0.29, 0.717) is 5.16 Å². The lowest BCUT2D eigenvalue weighted by molar-refractivity contribution is 0.534. The first-order valence-electron chi connectivity index (χ1n) is 6.05. The second-order valence-corrected chi connectivity index (χ2v) is 5.58. The van der Waals surface area contributed by atoms with Gasteiger partial charge in [-0.25, -0.2) is 14.9 Å². The van der Waals surface area contributed by atoms with Crippen molar-refractivity contribution in [3.63, 3.8) is 0 Å².